The van der Waals surface area contributed by atoms with E-state index in [4.69, 9.17) is 4.74 Å². The number of rotatable bonds is 4. The molecule has 5 heteroatoms. The van der Waals surface area contributed by atoms with Crippen LogP contribution in [0.4, 0.5) is 0 Å². The van der Waals surface area contributed by atoms with E-state index >= 15 is 0 Å². The standard InChI is InChI=1S/C14H14BrNO3/c1-19-14(18)12(16-8-2-3-13(16)15)9-10-4-6-11(17)7-5-10/h2-8,12,17H,9H2,1H3/t12-/m0/s1. The van der Waals surface area contributed by atoms with Crippen LogP contribution in [0.2, 0.25) is 0 Å². The highest BCUT2D eigenvalue weighted by atomic mass is 79.9. The lowest BCUT2D eigenvalue weighted by Crippen LogP contribution is -2.22. The van der Waals surface area contributed by atoms with Crippen molar-refractivity contribution in [3.8, 4) is 5.75 Å². The van der Waals surface area contributed by atoms with Gasteiger partial charge in [0.15, 0.2) is 0 Å². The van der Waals surface area contributed by atoms with Crippen molar-refractivity contribution in [1.82, 2.24) is 4.57 Å². The van der Waals surface area contributed by atoms with Gasteiger partial charge in [-0.2, -0.15) is 0 Å². The maximum absolute atomic E-state index is 11.9. The van der Waals surface area contributed by atoms with Crippen LogP contribution in [0.25, 0.3) is 0 Å². The van der Waals surface area contributed by atoms with Crippen molar-refractivity contribution in [2.24, 2.45) is 0 Å². The molecule has 0 saturated heterocycles. The van der Waals surface area contributed by atoms with Crippen LogP contribution >= 0.6 is 15.9 Å². The normalized spacial score (nSPS) is 12.1. The van der Waals surface area contributed by atoms with Crippen LogP contribution in [0.3, 0.4) is 0 Å². The topological polar surface area (TPSA) is 51.5 Å². The molecule has 0 spiro atoms. The van der Waals surface area contributed by atoms with Crippen LogP contribution in [-0.2, 0) is 16.0 Å². The summed E-state index contributed by atoms with van der Waals surface area (Å²) in [6.07, 6.45) is 2.33. The zero-order chi connectivity index (χ0) is 13.8. The van der Waals surface area contributed by atoms with Gasteiger partial charge in [-0.15, -0.1) is 0 Å². The number of carbonyl (C=O) groups excluding carboxylic acids is 1. The largest absolute Gasteiger partial charge is 0.508 e. The monoisotopic (exact) mass is 323 g/mol. The predicted molar refractivity (Wildman–Crippen MR) is 75.0 cm³/mol. The highest BCUT2D eigenvalue weighted by Gasteiger charge is 2.22. The third kappa shape index (κ3) is 3.17. The quantitative estimate of drug-likeness (QED) is 0.880. The van der Waals surface area contributed by atoms with Gasteiger partial charge in [0.05, 0.1) is 11.7 Å². The minimum Gasteiger partial charge on any atom is -0.508 e. The first-order valence-electron chi connectivity index (χ1n) is 5.80. The third-order valence-corrected chi connectivity index (χ3v) is 3.58. The first-order valence-corrected chi connectivity index (χ1v) is 6.59. The van der Waals surface area contributed by atoms with Crippen molar-refractivity contribution in [3.63, 3.8) is 0 Å². The lowest BCUT2D eigenvalue weighted by Gasteiger charge is -2.18. The number of aromatic nitrogens is 1. The molecule has 1 atom stereocenters. The Morgan fingerprint density at radius 2 is 2.05 bits per heavy atom. The highest BCUT2D eigenvalue weighted by Crippen LogP contribution is 2.23. The Morgan fingerprint density at radius 1 is 1.37 bits per heavy atom. The van der Waals surface area contributed by atoms with Gasteiger partial charge in [0, 0.05) is 12.6 Å². The van der Waals surface area contributed by atoms with E-state index in [-0.39, 0.29) is 11.7 Å². The molecule has 0 radical (unpaired) electrons. The summed E-state index contributed by atoms with van der Waals surface area (Å²) < 4.78 is 7.50. The zero-order valence-electron chi connectivity index (χ0n) is 10.4. The van der Waals surface area contributed by atoms with Gasteiger partial charge < -0.3 is 14.4 Å². The van der Waals surface area contributed by atoms with E-state index in [1.54, 1.807) is 24.3 Å². The molecular formula is C14H14BrNO3. The molecule has 2 rings (SSSR count). The number of hydrogen-bond acceptors (Lipinski definition) is 3. The number of aromatic hydroxyl groups is 1. The summed E-state index contributed by atoms with van der Waals surface area (Å²) in [5.74, 6) is -0.0921. The molecule has 0 aliphatic heterocycles. The van der Waals surface area contributed by atoms with Gasteiger partial charge >= 0.3 is 5.97 Å². The number of nitrogens with zero attached hydrogens (tertiary/aromatic N) is 1. The summed E-state index contributed by atoms with van der Waals surface area (Å²) in [6, 6.07) is 10.1. The highest BCUT2D eigenvalue weighted by molar-refractivity contribution is 9.10. The summed E-state index contributed by atoms with van der Waals surface area (Å²) in [6.45, 7) is 0. The molecule has 0 bridgehead atoms. The molecule has 0 aliphatic carbocycles. The molecule has 1 aromatic carbocycles. The van der Waals surface area contributed by atoms with Crippen LogP contribution in [0.1, 0.15) is 11.6 Å². The second kappa shape index (κ2) is 5.93. The van der Waals surface area contributed by atoms with Gasteiger partial charge in [-0.3, -0.25) is 0 Å². The van der Waals surface area contributed by atoms with Gasteiger partial charge in [0.2, 0.25) is 0 Å². The summed E-state index contributed by atoms with van der Waals surface area (Å²) in [5.41, 5.74) is 0.953. The molecule has 1 N–H and O–H groups in total. The lowest BCUT2D eigenvalue weighted by atomic mass is 10.1. The first kappa shape index (κ1) is 13.7. The van der Waals surface area contributed by atoms with Crippen molar-refractivity contribution in [2.45, 2.75) is 12.5 Å². The Balaban J connectivity index is 2.27. The molecule has 100 valence electrons. The molecule has 1 heterocycles. The minimum atomic E-state index is -0.432. The third-order valence-electron chi connectivity index (χ3n) is 2.90. The van der Waals surface area contributed by atoms with Crippen molar-refractivity contribution in [3.05, 3.63) is 52.8 Å². The number of carbonyl (C=O) groups is 1. The molecule has 4 nitrogen and oxygen atoms in total. The number of halogens is 1. The van der Waals surface area contributed by atoms with Crippen molar-refractivity contribution < 1.29 is 14.6 Å². The predicted octanol–water partition coefficient (Wildman–Crippen LogP) is 2.91. The summed E-state index contributed by atoms with van der Waals surface area (Å²) >= 11 is 3.40. The van der Waals surface area contributed by atoms with E-state index in [1.807, 2.05) is 22.9 Å². The Hall–Kier alpha value is -1.75. The number of methoxy groups -OCH3 is 1. The van der Waals surface area contributed by atoms with Gasteiger partial charge in [0.25, 0.3) is 0 Å². The van der Waals surface area contributed by atoms with Crippen LogP contribution in [-0.4, -0.2) is 22.8 Å². The van der Waals surface area contributed by atoms with E-state index < -0.39 is 6.04 Å². The van der Waals surface area contributed by atoms with Crippen molar-refractivity contribution >= 4 is 21.9 Å². The Bertz CT molecular complexity index is 562. The molecule has 1 aromatic heterocycles. The fourth-order valence-electron chi connectivity index (χ4n) is 1.91. The van der Waals surface area contributed by atoms with E-state index in [2.05, 4.69) is 15.9 Å². The zero-order valence-corrected chi connectivity index (χ0v) is 12.0. The Morgan fingerprint density at radius 3 is 2.58 bits per heavy atom. The first-order chi connectivity index (χ1) is 9.11. The molecular weight excluding hydrogens is 310 g/mol. The molecule has 0 unspecified atom stereocenters. The van der Waals surface area contributed by atoms with Crippen molar-refractivity contribution in [2.75, 3.05) is 7.11 Å². The number of ether oxygens (including phenoxy) is 1. The molecule has 2 aromatic rings. The van der Waals surface area contributed by atoms with E-state index in [9.17, 15) is 9.90 Å². The Labute approximate surface area is 119 Å². The van der Waals surface area contributed by atoms with Crippen LogP contribution in [0.15, 0.2) is 47.2 Å². The van der Waals surface area contributed by atoms with E-state index in [1.165, 1.54) is 7.11 Å². The number of hydrogen-bond donors (Lipinski definition) is 1. The number of phenols is 1. The fourth-order valence-corrected chi connectivity index (χ4v) is 2.43. The number of phenolic OH excluding ortho intramolecular Hbond substituents is 1. The number of benzene rings is 1. The second-order valence-electron chi connectivity index (χ2n) is 4.15. The molecule has 0 saturated carbocycles. The molecule has 19 heavy (non-hydrogen) atoms. The lowest BCUT2D eigenvalue weighted by molar-refractivity contribution is -0.144. The average molecular weight is 324 g/mol. The number of esters is 1. The van der Waals surface area contributed by atoms with Gasteiger partial charge in [-0.05, 0) is 45.8 Å². The fraction of sp³-hybridized carbons (Fsp3) is 0.214. The van der Waals surface area contributed by atoms with Crippen molar-refractivity contribution in [1.29, 1.82) is 0 Å². The second-order valence-corrected chi connectivity index (χ2v) is 4.96. The van der Waals surface area contributed by atoms with Crippen LogP contribution < -0.4 is 0 Å². The van der Waals surface area contributed by atoms with Gasteiger partial charge in [-0.1, -0.05) is 12.1 Å². The van der Waals surface area contributed by atoms with E-state index in [0.717, 1.165) is 10.2 Å². The smallest absolute Gasteiger partial charge is 0.329 e. The SMILES string of the molecule is COC(=O)[C@H](Cc1ccc(O)cc1)n1cccc1Br. The van der Waals surface area contributed by atoms with Gasteiger partial charge in [-0.25, -0.2) is 4.79 Å². The van der Waals surface area contributed by atoms with E-state index in [0.29, 0.717) is 6.42 Å². The van der Waals surface area contributed by atoms with Crippen LogP contribution in [0, 0.1) is 0 Å². The minimum absolute atomic E-state index is 0.209. The molecule has 0 fully saturated rings. The van der Waals surface area contributed by atoms with Gasteiger partial charge in [0.1, 0.15) is 11.8 Å². The summed E-state index contributed by atoms with van der Waals surface area (Å²) in [5, 5.41) is 9.27. The summed E-state index contributed by atoms with van der Waals surface area (Å²) in [4.78, 5) is 11.9. The van der Waals surface area contributed by atoms with Crippen LogP contribution in [0.5, 0.6) is 5.75 Å². The molecule has 0 aliphatic rings. The average Bonchev–Trinajstić information content (AvgIpc) is 2.83. The summed E-state index contributed by atoms with van der Waals surface area (Å²) in [7, 11) is 1.38. The molecule has 0 amide bonds. The maximum atomic E-state index is 11.9. The maximum Gasteiger partial charge on any atom is 0.329 e. The Kier molecular flexibility index (Phi) is 4.27.